The van der Waals surface area contributed by atoms with Crippen LogP contribution >= 0.6 is 0 Å². The van der Waals surface area contributed by atoms with Gasteiger partial charge in [0.05, 0.1) is 10.8 Å². The Hall–Kier alpha value is -3.55. The molecule has 1 heterocycles. The van der Waals surface area contributed by atoms with Crippen molar-refractivity contribution in [3.63, 3.8) is 0 Å². The second-order valence-corrected chi connectivity index (χ2v) is 6.63. The number of hydrogen-bond donors (Lipinski definition) is 0. The highest BCUT2D eigenvalue weighted by Crippen LogP contribution is 2.29. The van der Waals surface area contributed by atoms with E-state index >= 15 is 0 Å². The van der Waals surface area contributed by atoms with Crippen molar-refractivity contribution in [1.29, 1.82) is 0 Å². The Morgan fingerprint density at radius 1 is 1.14 bits per heavy atom. The van der Waals surface area contributed by atoms with Gasteiger partial charge in [0, 0.05) is 31.3 Å². The van der Waals surface area contributed by atoms with Gasteiger partial charge >= 0.3 is 11.7 Å². The number of halogens is 1. The fourth-order valence-corrected chi connectivity index (χ4v) is 3.08. The molecule has 2 aromatic carbocycles. The Kier molecular flexibility index (Phi) is 6.33. The minimum Gasteiger partial charge on any atom is -0.419 e. The summed E-state index contributed by atoms with van der Waals surface area (Å²) in [7, 11) is 0. The molecule has 1 amide bonds. The van der Waals surface area contributed by atoms with Gasteiger partial charge in [-0.3, -0.25) is 19.7 Å². The van der Waals surface area contributed by atoms with E-state index in [9.17, 15) is 24.1 Å². The number of ether oxygens (including phenoxy) is 1. The van der Waals surface area contributed by atoms with Crippen molar-refractivity contribution < 1.29 is 23.6 Å². The summed E-state index contributed by atoms with van der Waals surface area (Å²) < 4.78 is 18.5. The minimum absolute atomic E-state index is 0.151. The van der Waals surface area contributed by atoms with Crippen LogP contribution in [0.4, 0.5) is 10.1 Å². The van der Waals surface area contributed by atoms with E-state index in [1.54, 1.807) is 11.0 Å². The lowest BCUT2D eigenvalue weighted by Gasteiger charge is -2.30. The van der Waals surface area contributed by atoms with Crippen molar-refractivity contribution in [2.75, 3.05) is 13.1 Å². The molecule has 7 nitrogen and oxygen atoms in total. The molecule has 0 unspecified atom stereocenters. The normalized spacial score (nSPS) is 14.7. The number of carbonyl (C=O) groups excluding carboxylic acids is 2. The third-order valence-electron chi connectivity index (χ3n) is 4.69. The minimum atomic E-state index is -0.734. The van der Waals surface area contributed by atoms with Gasteiger partial charge < -0.3 is 9.64 Å². The predicted octanol–water partition coefficient (Wildman–Crippen LogP) is 3.59. The molecule has 0 bridgehead atoms. The van der Waals surface area contributed by atoms with Crippen LogP contribution in [0.3, 0.4) is 0 Å². The van der Waals surface area contributed by atoms with E-state index in [4.69, 9.17) is 4.74 Å². The van der Waals surface area contributed by atoms with Crippen molar-refractivity contribution in [1.82, 2.24) is 4.90 Å². The highest BCUT2D eigenvalue weighted by molar-refractivity contribution is 5.92. The lowest BCUT2D eigenvalue weighted by molar-refractivity contribution is -0.385. The maximum Gasteiger partial charge on any atom is 0.314 e. The lowest BCUT2D eigenvalue weighted by atomic mass is 9.97. The summed E-state index contributed by atoms with van der Waals surface area (Å²) in [5, 5.41) is 11.0. The molecule has 8 heteroatoms. The molecule has 0 atom stereocenters. The zero-order valence-electron chi connectivity index (χ0n) is 15.5. The highest BCUT2D eigenvalue weighted by Gasteiger charge is 2.29. The van der Waals surface area contributed by atoms with Crippen LogP contribution in [0.25, 0.3) is 6.08 Å². The van der Waals surface area contributed by atoms with Gasteiger partial charge in [-0.1, -0.05) is 30.3 Å². The van der Waals surface area contributed by atoms with Crippen LogP contribution in [-0.4, -0.2) is 34.8 Å². The summed E-state index contributed by atoms with van der Waals surface area (Å²) in [5.41, 5.74) is 0.439. The van der Waals surface area contributed by atoms with Gasteiger partial charge in [-0.15, -0.1) is 0 Å². The highest BCUT2D eigenvalue weighted by atomic mass is 19.1. The summed E-state index contributed by atoms with van der Waals surface area (Å²) in [6.45, 7) is 0.728. The van der Waals surface area contributed by atoms with Crippen LogP contribution in [0.5, 0.6) is 5.75 Å². The molecule has 0 saturated carbocycles. The molecule has 1 aliphatic heterocycles. The van der Waals surface area contributed by atoms with E-state index < -0.39 is 34.1 Å². The molecule has 1 fully saturated rings. The zero-order valence-corrected chi connectivity index (χ0v) is 15.5. The Labute approximate surface area is 166 Å². The second-order valence-electron chi connectivity index (χ2n) is 6.63. The molecule has 1 saturated heterocycles. The smallest absolute Gasteiger partial charge is 0.314 e. The van der Waals surface area contributed by atoms with E-state index in [1.807, 2.05) is 30.3 Å². The molecule has 0 spiro atoms. The first-order valence-electron chi connectivity index (χ1n) is 9.11. The fourth-order valence-electron chi connectivity index (χ4n) is 3.08. The Balaban J connectivity index is 1.56. The first kappa shape index (κ1) is 20.2. The van der Waals surface area contributed by atoms with E-state index in [1.165, 1.54) is 6.08 Å². The number of amides is 1. The monoisotopic (exact) mass is 398 g/mol. The van der Waals surface area contributed by atoms with E-state index in [0.717, 1.165) is 23.8 Å². The van der Waals surface area contributed by atoms with Crippen molar-refractivity contribution >= 4 is 23.6 Å². The molecule has 0 aromatic heterocycles. The van der Waals surface area contributed by atoms with Gasteiger partial charge in [0.2, 0.25) is 11.7 Å². The van der Waals surface area contributed by atoms with Crippen LogP contribution in [0.1, 0.15) is 18.4 Å². The number of rotatable bonds is 5. The molecule has 0 radical (unpaired) electrons. The number of nitro benzene ring substituents is 1. The summed E-state index contributed by atoms with van der Waals surface area (Å²) in [6, 6.07) is 12.1. The quantitative estimate of drug-likeness (QED) is 0.252. The largest absolute Gasteiger partial charge is 0.419 e. The number of carbonyl (C=O) groups is 2. The van der Waals surface area contributed by atoms with Crippen LogP contribution in [0, 0.1) is 21.8 Å². The number of benzene rings is 2. The Bertz CT molecular complexity index is 937. The molecule has 0 aliphatic carbocycles. The summed E-state index contributed by atoms with van der Waals surface area (Å²) in [5.74, 6) is -2.47. The van der Waals surface area contributed by atoms with Crippen molar-refractivity contribution in [2.24, 2.45) is 5.92 Å². The van der Waals surface area contributed by atoms with Crippen LogP contribution in [-0.2, 0) is 9.59 Å². The van der Waals surface area contributed by atoms with Gasteiger partial charge in [-0.25, -0.2) is 4.39 Å². The topological polar surface area (TPSA) is 89.8 Å². The van der Waals surface area contributed by atoms with Crippen molar-refractivity contribution in [3.05, 3.63) is 76.1 Å². The van der Waals surface area contributed by atoms with Crippen LogP contribution in [0.2, 0.25) is 0 Å². The van der Waals surface area contributed by atoms with Gasteiger partial charge in [0.15, 0.2) is 0 Å². The number of likely N-dealkylation sites (tertiary alicyclic amines) is 1. The Morgan fingerprint density at radius 3 is 2.48 bits per heavy atom. The summed E-state index contributed by atoms with van der Waals surface area (Å²) in [6.07, 6.45) is 3.95. The fraction of sp³-hybridized carbons (Fsp3) is 0.238. The van der Waals surface area contributed by atoms with E-state index in [-0.39, 0.29) is 5.91 Å². The third-order valence-corrected chi connectivity index (χ3v) is 4.69. The van der Waals surface area contributed by atoms with Crippen molar-refractivity contribution in [2.45, 2.75) is 12.8 Å². The summed E-state index contributed by atoms with van der Waals surface area (Å²) in [4.78, 5) is 36.6. The average Bonchev–Trinajstić information content (AvgIpc) is 2.72. The van der Waals surface area contributed by atoms with Gasteiger partial charge in [-0.2, -0.15) is 0 Å². The average molecular weight is 398 g/mol. The molecule has 1 aliphatic rings. The lowest BCUT2D eigenvalue weighted by Crippen LogP contribution is -2.40. The third kappa shape index (κ3) is 5.25. The van der Waals surface area contributed by atoms with E-state index in [0.29, 0.717) is 25.9 Å². The predicted molar refractivity (Wildman–Crippen MR) is 103 cm³/mol. The molecule has 2 aromatic rings. The standard InChI is InChI=1S/C21H19FN2O5/c22-17-7-8-18(24(27)28)19(14-17)29-21(26)16-10-12-23(13-11-16)20(25)9-6-15-4-2-1-3-5-15/h1-9,14,16H,10-13H2/b9-6+. The number of piperidine rings is 1. The summed E-state index contributed by atoms with van der Waals surface area (Å²) >= 11 is 0. The van der Waals surface area contributed by atoms with Gasteiger partial charge in [0.1, 0.15) is 5.82 Å². The maximum atomic E-state index is 13.4. The number of hydrogen-bond acceptors (Lipinski definition) is 5. The molecular weight excluding hydrogens is 379 g/mol. The van der Waals surface area contributed by atoms with Crippen LogP contribution in [0.15, 0.2) is 54.6 Å². The second kappa shape index (κ2) is 9.09. The van der Waals surface area contributed by atoms with Gasteiger partial charge in [-0.05, 0) is 30.5 Å². The van der Waals surface area contributed by atoms with Gasteiger partial charge in [0.25, 0.3) is 0 Å². The molecule has 29 heavy (non-hydrogen) atoms. The molecule has 0 N–H and O–H groups in total. The zero-order chi connectivity index (χ0) is 20.8. The maximum absolute atomic E-state index is 13.4. The molecular formula is C21H19FN2O5. The van der Waals surface area contributed by atoms with Crippen LogP contribution < -0.4 is 4.74 Å². The first-order valence-corrected chi connectivity index (χ1v) is 9.11. The molecule has 3 rings (SSSR count). The van der Waals surface area contributed by atoms with E-state index in [2.05, 4.69) is 0 Å². The number of nitrogens with zero attached hydrogens (tertiary/aromatic N) is 2. The molecule has 150 valence electrons. The first-order chi connectivity index (χ1) is 13.9. The van der Waals surface area contributed by atoms with Crippen molar-refractivity contribution in [3.8, 4) is 5.75 Å². The SMILES string of the molecule is O=C(Oc1cc(F)ccc1[N+](=O)[O-])C1CCN(C(=O)/C=C/c2ccccc2)CC1. The number of esters is 1. The number of nitro groups is 1. The Morgan fingerprint density at radius 2 is 1.83 bits per heavy atom.